The number of fused-ring (bicyclic) bond motifs is 1. The summed E-state index contributed by atoms with van der Waals surface area (Å²) in [6.07, 6.45) is 6.58. The molecule has 0 amide bonds. The first-order valence-electron chi connectivity index (χ1n) is 7.52. The lowest BCUT2D eigenvalue weighted by atomic mass is 9.75. The van der Waals surface area contributed by atoms with Gasteiger partial charge in [-0.25, -0.2) is 0 Å². The topological polar surface area (TPSA) is 28.4 Å². The summed E-state index contributed by atoms with van der Waals surface area (Å²) < 4.78 is 2.36. The summed E-state index contributed by atoms with van der Waals surface area (Å²) in [5, 5.41) is 10.3. The fourth-order valence-corrected chi connectivity index (χ4v) is 3.36. The van der Waals surface area contributed by atoms with Crippen LogP contribution >= 0.6 is 0 Å². The number of rotatable bonds is 4. The van der Waals surface area contributed by atoms with Crippen molar-refractivity contribution in [3.63, 3.8) is 0 Å². The van der Waals surface area contributed by atoms with E-state index < -0.39 is 0 Å². The Hall–Kier alpha value is -0.800. The molecule has 1 aromatic heterocycles. The second-order valence-corrected chi connectivity index (χ2v) is 7.18. The minimum absolute atomic E-state index is 0.213. The minimum atomic E-state index is -0.277. The van der Waals surface area contributed by atoms with Crippen molar-refractivity contribution >= 4 is 0 Å². The normalized spacial score (nSPS) is 25.6. The lowest BCUT2D eigenvalue weighted by molar-refractivity contribution is 0.0977. The van der Waals surface area contributed by atoms with Crippen LogP contribution in [0.3, 0.4) is 0 Å². The van der Waals surface area contributed by atoms with Crippen molar-refractivity contribution in [2.45, 2.75) is 58.2 Å². The van der Waals surface area contributed by atoms with E-state index in [0.29, 0.717) is 0 Å². The second-order valence-electron chi connectivity index (χ2n) is 7.18. The predicted molar refractivity (Wildman–Crippen MR) is 77.1 cm³/mol. The van der Waals surface area contributed by atoms with Crippen LogP contribution < -0.4 is 0 Å². The Kier molecular flexibility index (Phi) is 3.22. The fraction of sp³-hybridized carbons (Fsp3) is 0.750. The van der Waals surface area contributed by atoms with Gasteiger partial charge in [0.25, 0.3) is 0 Å². The number of nitrogens with zero attached hydrogens (tertiary/aromatic N) is 2. The fourth-order valence-electron chi connectivity index (χ4n) is 3.36. The van der Waals surface area contributed by atoms with Crippen LogP contribution in [0.4, 0.5) is 0 Å². The molecule has 19 heavy (non-hydrogen) atoms. The largest absolute Gasteiger partial charge is 0.388 e. The van der Waals surface area contributed by atoms with Crippen molar-refractivity contribution in [2.75, 3.05) is 13.6 Å². The predicted octanol–water partition coefficient (Wildman–Crippen LogP) is 2.59. The molecule has 1 atom stereocenters. The SMILES string of the molecule is CN(CCn1ccc2c1CC(C)(C)CC2O)C1CC1. The average Bonchev–Trinajstić information content (AvgIpc) is 3.08. The molecule has 0 radical (unpaired) electrons. The third kappa shape index (κ3) is 2.72. The van der Waals surface area contributed by atoms with Gasteiger partial charge in [0.2, 0.25) is 0 Å². The number of aliphatic hydroxyl groups is 1. The first-order chi connectivity index (χ1) is 8.96. The van der Waals surface area contributed by atoms with E-state index in [0.717, 1.165) is 37.5 Å². The van der Waals surface area contributed by atoms with E-state index in [1.807, 2.05) is 0 Å². The van der Waals surface area contributed by atoms with E-state index in [1.165, 1.54) is 18.5 Å². The number of aromatic nitrogens is 1. The lowest BCUT2D eigenvalue weighted by Gasteiger charge is -2.34. The van der Waals surface area contributed by atoms with Gasteiger partial charge < -0.3 is 14.6 Å². The number of likely N-dealkylation sites (N-methyl/N-ethyl adjacent to an activating group) is 1. The molecule has 3 nitrogen and oxygen atoms in total. The average molecular weight is 262 g/mol. The summed E-state index contributed by atoms with van der Waals surface area (Å²) in [7, 11) is 2.23. The maximum Gasteiger partial charge on any atom is 0.0812 e. The van der Waals surface area contributed by atoms with Gasteiger partial charge in [-0.05, 0) is 44.2 Å². The smallest absolute Gasteiger partial charge is 0.0812 e. The zero-order chi connectivity index (χ0) is 13.6. The number of hydrogen-bond acceptors (Lipinski definition) is 2. The molecule has 1 saturated carbocycles. The molecule has 0 spiro atoms. The van der Waals surface area contributed by atoms with Gasteiger partial charge in [0.15, 0.2) is 0 Å². The Balaban J connectivity index is 1.73. The highest BCUT2D eigenvalue weighted by molar-refractivity contribution is 5.29. The first-order valence-corrected chi connectivity index (χ1v) is 7.52. The molecule has 1 unspecified atom stereocenters. The van der Waals surface area contributed by atoms with Crippen molar-refractivity contribution in [3.8, 4) is 0 Å². The summed E-state index contributed by atoms with van der Waals surface area (Å²) in [5.41, 5.74) is 2.73. The van der Waals surface area contributed by atoms with Crippen LogP contribution in [0.15, 0.2) is 12.3 Å². The molecular formula is C16H26N2O. The van der Waals surface area contributed by atoms with Gasteiger partial charge in [-0.1, -0.05) is 13.8 Å². The van der Waals surface area contributed by atoms with Crippen LogP contribution in [-0.2, 0) is 13.0 Å². The monoisotopic (exact) mass is 262 g/mol. The molecule has 1 aromatic rings. The summed E-state index contributed by atoms with van der Waals surface area (Å²) in [6, 6.07) is 2.94. The molecule has 3 heteroatoms. The zero-order valence-corrected chi connectivity index (χ0v) is 12.4. The van der Waals surface area contributed by atoms with E-state index in [2.05, 4.69) is 42.6 Å². The van der Waals surface area contributed by atoms with Gasteiger partial charge >= 0.3 is 0 Å². The molecule has 0 saturated heterocycles. The Morgan fingerprint density at radius 3 is 2.84 bits per heavy atom. The van der Waals surface area contributed by atoms with Gasteiger partial charge in [0, 0.05) is 36.6 Å². The van der Waals surface area contributed by atoms with Crippen LogP contribution in [0.2, 0.25) is 0 Å². The highest BCUT2D eigenvalue weighted by Crippen LogP contribution is 2.41. The first kappa shape index (κ1) is 13.2. The third-order valence-corrected chi connectivity index (χ3v) is 4.73. The summed E-state index contributed by atoms with van der Waals surface area (Å²) in [4.78, 5) is 2.47. The molecule has 0 aromatic carbocycles. The Morgan fingerprint density at radius 2 is 2.16 bits per heavy atom. The number of hydrogen-bond donors (Lipinski definition) is 1. The van der Waals surface area contributed by atoms with Crippen LogP contribution in [0, 0.1) is 5.41 Å². The molecule has 1 heterocycles. The van der Waals surface area contributed by atoms with Gasteiger partial charge in [-0.2, -0.15) is 0 Å². The van der Waals surface area contributed by atoms with Crippen molar-refractivity contribution in [3.05, 3.63) is 23.5 Å². The van der Waals surface area contributed by atoms with Crippen LogP contribution in [0.1, 0.15) is 50.5 Å². The third-order valence-electron chi connectivity index (χ3n) is 4.73. The molecule has 0 bridgehead atoms. The van der Waals surface area contributed by atoms with Crippen molar-refractivity contribution < 1.29 is 5.11 Å². The molecule has 1 fully saturated rings. The molecule has 106 valence electrons. The second kappa shape index (κ2) is 4.64. The standard InChI is InChI=1S/C16H26N2O/c1-16(2)10-14-13(15(19)11-16)6-7-18(14)9-8-17(3)12-4-5-12/h6-7,12,15,19H,4-5,8-11H2,1-3H3. The molecule has 0 aliphatic heterocycles. The van der Waals surface area contributed by atoms with Crippen LogP contribution in [0.25, 0.3) is 0 Å². The summed E-state index contributed by atoms with van der Waals surface area (Å²) >= 11 is 0. The number of aliphatic hydroxyl groups excluding tert-OH is 1. The van der Waals surface area contributed by atoms with E-state index in [-0.39, 0.29) is 11.5 Å². The molecule has 3 rings (SSSR count). The highest BCUT2D eigenvalue weighted by atomic mass is 16.3. The van der Waals surface area contributed by atoms with Gasteiger partial charge in [0.05, 0.1) is 6.10 Å². The minimum Gasteiger partial charge on any atom is -0.388 e. The Morgan fingerprint density at radius 1 is 1.42 bits per heavy atom. The Bertz CT molecular complexity index is 459. The summed E-state index contributed by atoms with van der Waals surface area (Å²) in [5.74, 6) is 0. The highest BCUT2D eigenvalue weighted by Gasteiger charge is 2.33. The Labute approximate surface area is 116 Å². The van der Waals surface area contributed by atoms with E-state index in [4.69, 9.17) is 0 Å². The zero-order valence-electron chi connectivity index (χ0n) is 12.4. The molecule has 1 N–H and O–H groups in total. The lowest BCUT2D eigenvalue weighted by Crippen LogP contribution is -2.29. The quantitative estimate of drug-likeness (QED) is 0.903. The van der Waals surface area contributed by atoms with Crippen LogP contribution in [0.5, 0.6) is 0 Å². The van der Waals surface area contributed by atoms with Gasteiger partial charge in [-0.3, -0.25) is 0 Å². The molecular weight excluding hydrogens is 236 g/mol. The van der Waals surface area contributed by atoms with E-state index in [1.54, 1.807) is 0 Å². The van der Waals surface area contributed by atoms with E-state index >= 15 is 0 Å². The maximum absolute atomic E-state index is 10.3. The molecule has 2 aliphatic carbocycles. The van der Waals surface area contributed by atoms with Gasteiger partial charge in [0.1, 0.15) is 0 Å². The molecule has 2 aliphatic rings. The van der Waals surface area contributed by atoms with Crippen molar-refractivity contribution in [1.29, 1.82) is 0 Å². The van der Waals surface area contributed by atoms with Crippen LogP contribution in [-0.4, -0.2) is 34.2 Å². The maximum atomic E-state index is 10.3. The van der Waals surface area contributed by atoms with Crippen molar-refractivity contribution in [2.24, 2.45) is 5.41 Å². The summed E-state index contributed by atoms with van der Waals surface area (Å²) in [6.45, 7) is 6.67. The van der Waals surface area contributed by atoms with Gasteiger partial charge in [-0.15, -0.1) is 0 Å². The van der Waals surface area contributed by atoms with E-state index in [9.17, 15) is 5.11 Å². The van der Waals surface area contributed by atoms with Crippen molar-refractivity contribution in [1.82, 2.24) is 9.47 Å².